The van der Waals surface area contributed by atoms with E-state index in [9.17, 15) is 0 Å². The highest BCUT2D eigenvalue weighted by atomic mass is 32.1. The molecule has 0 atom stereocenters. The lowest BCUT2D eigenvalue weighted by atomic mass is 9.82. The third kappa shape index (κ3) is 3.41. The van der Waals surface area contributed by atoms with Crippen LogP contribution in [0.4, 0.5) is 0 Å². The highest BCUT2D eigenvalue weighted by Crippen LogP contribution is 2.51. The van der Waals surface area contributed by atoms with Crippen LogP contribution in [0.1, 0.15) is 25.0 Å². The van der Waals surface area contributed by atoms with E-state index in [4.69, 9.17) is 4.42 Å². The molecule has 3 aromatic heterocycles. The van der Waals surface area contributed by atoms with Crippen LogP contribution in [-0.2, 0) is 5.41 Å². The number of furan rings is 1. The molecule has 1 aliphatic carbocycles. The SMILES string of the molecule is CC1(C)c2ccccc2-c2cc3c4ccccc4n(-c4ccc5oc6cccc(-c7ccc8c(c7)sc7ccccc78)c6c5c4)c3cc21. The maximum atomic E-state index is 6.51. The van der Waals surface area contributed by atoms with Gasteiger partial charge >= 0.3 is 0 Å². The van der Waals surface area contributed by atoms with Gasteiger partial charge in [0.15, 0.2) is 0 Å². The minimum absolute atomic E-state index is 0.0729. The molecule has 48 heavy (non-hydrogen) atoms. The zero-order valence-corrected chi connectivity index (χ0v) is 27.4. The summed E-state index contributed by atoms with van der Waals surface area (Å²) in [4.78, 5) is 0. The number of aromatic nitrogens is 1. The number of hydrogen-bond donors (Lipinski definition) is 0. The number of para-hydroxylation sites is 1. The van der Waals surface area contributed by atoms with Crippen molar-refractivity contribution in [3.63, 3.8) is 0 Å². The van der Waals surface area contributed by atoms with E-state index < -0.39 is 0 Å². The van der Waals surface area contributed by atoms with Gasteiger partial charge in [-0.2, -0.15) is 0 Å². The molecule has 0 spiro atoms. The lowest BCUT2D eigenvalue weighted by Gasteiger charge is -2.21. The lowest BCUT2D eigenvalue weighted by Crippen LogP contribution is -2.14. The van der Waals surface area contributed by atoms with E-state index in [2.05, 4.69) is 158 Å². The summed E-state index contributed by atoms with van der Waals surface area (Å²) >= 11 is 1.86. The molecular formula is C45H29NOS. The first-order chi connectivity index (χ1) is 23.5. The van der Waals surface area contributed by atoms with Crippen molar-refractivity contribution in [3.8, 4) is 27.9 Å². The number of benzene rings is 7. The minimum Gasteiger partial charge on any atom is -0.456 e. The van der Waals surface area contributed by atoms with Gasteiger partial charge in [0.05, 0.1) is 11.0 Å². The predicted molar refractivity (Wildman–Crippen MR) is 204 cm³/mol. The van der Waals surface area contributed by atoms with E-state index in [1.807, 2.05) is 11.3 Å². The first-order valence-electron chi connectivity index (χ1n) is 16.6. The fourth-order valence-corrected chi connectivity index (χ4v) is 9.67. The molecule has 0 N–H and O–H groups in total. The van der Waals surface area contributed by atoms with Crippen molar-refractivity contribution in [2.24, 2.45) is 0 Å². The molecule has 0 fully saturated rings. The predicted octanol–water partition coefficient (Wildman–Crippen LogP) is 13.0. The first kappa shape index (κ1) is 26.4. The van der Waals surface area contributed by atoms with Gasteiger partial charge in [-0.05, 0) is 88.0 Å². The second kappa shape index (κ2) is 9.25. The van der Waals surface area contributed by atoms with Crippen LogP contribution in [0.25, 0.3) is 91.9 Å². The van der Waals surface area contributed by atoms with Crippen LogP contribution in [0, 0.1) is 0 Å². The molecule has 0 saturated carbocycles. The van der Waals surface area contributed by atoms with E-state index >= 15 is 0 Å². The number of fused-ring (bicyclic) bond motifs is 12. The Morgan fingerprint density at radius 3 is 2.23 bits per heavy atom. The topological polar surface area (TPSA) is 18.1 Å². The fourth-order valence-electron chi connectivity index (χ4n) is 8.53. The molecule has 10 aromatic rings. The maximum absolute atomic E-state index is 6.51. The normalized spacial score (nSPS) is 13.8. The summed E-state index contributed by atoms with van der Waals surface area (Å²) in [6.45, 7) is 4.72. The van der Waals surface area contributed by atoms with Gasteiger partial charge in [-0.3, -0.25) is 0 Å². The summed E-state index contributed by atoms with van der Waals surface area (Å²) in [5, 5.41) is 7.49. The van der Waals surface area contributed by atoms with Gasteiger partial charge in [-0.15, -0.1) is 11.3 Å². The summed E-state index contributed by atoms with van der Waals surface area (Å²) in [7, 11) is 0. The molecule has 0 amide bonds. The Morgan fingerprint density at radius 2 is 1.29 bits per heavy atom. The second-order valence-electron chi connectivity index (χ2n) is 13.7. The van der Waals surface area contributed by atoms with Crippen molar-refractivity contribution in [1.29, 1.82) is 0 Å². The number of thiophene rings is 1. The standard InChI is InChI=1S/C45H29NOS/c1-45(2)36-14-6-3-10-29(36)33-24-34-30-11-4-7-15-38(30)46(39(34)25-37(33)45)27-19-21-40-35(23-27)44-28(13-9-16-41(44)47-40)26-18-20-32-31-12-5-8-17-42(31)48-43(32)22-26/h3-25H,1-2H3. The minimum atomic E-state index is -0.0729. The van der Waals surface area contributed by atoms with Crippen molar-refractivity contribution < 1.29 is 4.42 Å². The molecule has 226 valence electrons. The van der Waals surface area contributed by atoms with Crippen LogP contribution < -0.4 is 0 Å². The van der Waals surface area contributed by atoms with E-state index in [1.165, 1.54) is 75.4 Å². The Kier molecular flexibility index (Phi) is 5.09. The molecule has 0 bridgehead atoms. The van der Waals surface area contributed by atoms with Gasteiger partial charge in [0.1, 0.15) is 11.2 Å². The van der Waals surface area contributed by atoms with Gasteiger partial charge in [0.2, 0.25) is 0 Å². The van der Waals surface area contributed by atoms with Gasteiger partial charge in [-0.25, -0.2) is 0 Å². The zero-order chi connectivity index (χ0) is 31.7. The van der Waals surface area contributed by atoms with E-state index in [1.54, 1.807) is 0 Å². The van der Waals surface area contributed by atoms with Crippen molar-refractivity contribution in [3.05, 3.63) is 151 Å². The highest BCUT2D eigenvalue weighted by Gasteiger charge is 2.36. The second-order valence-corrected chi connectivity index (χ2v) is 14.8. The Morgan fingerprint density at radius 1 is 0.500 bits per heavy atom. The molecule has 3 heteroatoms. The summed E-state index contributed by atoms with van der Waals surface area (Å²) in [5.41, 5.74) is 13.2. The molecule has 2 nitrogen and oxygen atoms in total. The average molecular weight is 632 g/mol. The van der Waals surface area contributed by atoms with Gasteiger partial charge in [0, 0.05) is 52.8 Å². The molecule has 0 saturated heterocycles. The molecule has 1 aliphatic rings. The Bertz CT molecular complexity index is 2990. The summed E-state index contributed by atoms with van der Waals surface area (Å²) in [5.74, 6) is 0. The summed E-state index contributed by atoms with van der Waals surface area (Å²) in [6.07, 6.45) is 0. The lowest BCUT2D eigenvalue weighted by molar-refractivity contribution is 0.661. The van der Waals surface area contributed by atoms with Crippen LogP contribution in [-0.4, -0.2) is 4.57 Å². The van der Waals surface area contributed by atoms with Crippen LogP contribution >= 0.6 is 11.3 Å². The van der Waals surface area contributed by atoms with Crippen LogP contribution in [0.5, 0.6) is 0 Å². The van der Waals surface area contributed by atoms with Crippen molar-refractivity contribution in [1.82, 2.24) is 4.57 Å². The number of hydrogen-bond acceptors (Lipinski definition) is 2. The molecule has 0 unspecified atom stereocenters. The number of nitrogens with zero attached hydrogens (tertiary/aromatic N) is 1. The van der Waals surface area contributed by atoms with Crippen molar-refractivity contribution in [2.75, 3.05) is 0 Å². The van der Waals surface area contributed by atoms with E-state index in [0.29, 0.717) is 0 Å². The van der Waals surface area contributed by atoms with Crippen molar-refractivity contribution >= 4 is 75.3 Å². The molecule has 0 radical (unpaired) electrons. The Hall–Kier alpha value is -5.64. The first-order valence-corrected chi connectivity index (χ1v) is 17.4. The molecule has 3 heterocycles. The van der Waals surface area contributed by atoms with Gasteiger partial charge < -0.3 is 8.98 Å². The largest absolute Gasteiger partial charge is 0.456 e. The van der Waals surface area contributed by atoms with Gasteiger partial charge in [-0.1, -0.05) is 98.8 Å². The molecule has 0 aliphatic heterocycles. The van der Waals surface area contributed by atoms with Crippen LogP contribution in [0.15, 0.2) is 144 Å². The van der Waals surface area contributed by atoms with Crippen LogP contribution in [0.2, 0.25) is 0 Å². The monoisotopic (exact) mass is 631 g/mol. The maximum Gasteiger partial charge on any atom is 0.136 e. The number of rotatable bonds is 2. The highest BCUT2D eigenvalue weighted by molar-refractivity contribution is 7.25. The fraction of sp³-hybridized carbons (Fsp3) is 0.0667. The Balaban J connectivity index is 1.16. The smallest absolute Gasteiger partial charge is 0.136 e. The van der Waals surface area contributed by atoms with Gasteiger partial charge in [0.25, 0.3) is 0 Å². The van der Waals surface area contributed by atoms with E-state index in [-0.39, 0.29) is 5.41 Å². The zero-order valence-electron chi connectivity index (χ0n) is 26.5. The van der Waals surface area contributed by atoms with E-state index in [0.717, 1.165) is 27.6 Å². The summed E-state index contributed by atoms with van der Waals surface area (Å²) in [6, 6.07) is 51.4. The van der Waals surface area contributed by atoms with Crippen molar-refractivity contribution in [2.45, 2.75) is 19.3 Å². The quantitative estimate of drug-likeness (QED) is 0.186. The third-order valence-corrected chi connectivity index (χ3v) is 11.9. The molecule has 11 rings (SSSR count). The summed E-state index contributed by atoms with van der Waals surface area (Å²) < 4.78 is 11.6. The molecule has 7 aromatic carbocycles. The van der Waals surface area contributed by atoms with Crippen LogP contribution in [0.3, 0.4) is 0 Å². The Labute approximate surface area is 281 Å². The average Bonchev–Trinajstić information content (AvgIpc) is 3.84. The molecular weight excluding hydrogens is 603 g/mol. The third-order valence-electron chi connectivity index (χ3n) is 10.8.